The number of nitrogens with zero attached hydrogens (tertiary/aromatic N) is 1. The second kappa shape index (κ2) is 10.6. The first-order chi connectivity index (χ1) is 16.8. The van der Waals surface area contributed by atoms with Gasteiger partial charge in [0.25, 0.3) is 0 Å². The van der Waals surface area contributed by atoms with Gasteiger partial charge in [0.2, 0.25) is 0 Å². The summed E-state index contributed by atoms with van der Waals surface area (Å²) in [5, 5.41) is 3.84. The van der Waals surface area contributed by atoms with Gasteiger partial charge < -0.3 is 5.32 Å². The number of rotatable bonds is 8. The molecule has 180 valence electrons. The van der Waals surface area contributed by atoms with E-state index < -0.39 is 23.1 Å². The summed E-state index contributed by atoms with van der Waals surface area (Å²) in [4.78, 5) is 4.47. The van der Waals surface area contributed by atoms with Crippen LogP contribution in [0.2, 0.25) is 5.02 Å². The lowest BCUT2D eigenvalue weighted by atomic mass is 9.79. The van der Waals surface area contributed by atoms with Gasteiger partial charge in [0.1, 0.15) is 5.82 Å². The normalized spacial score (nSPS) is 13.4. The topological polar surface area (TPSA) is 24.9 Å². The van der Waals surface area contributed by atoms with Crippen LogP contribution in [0.4, 0.5) is 17.6 Å². The Morgan fingerprint density at radius 3 is 2.00 bits per heavy atom. The Balaban J connectivity index is 1.86. The minimum absolute atomic E-state index is 0.136. The molecule has 3 aromatic carbocycles. The van der Waals surface area contributed by atoms with Crippen molar-refractivity contribution in [1.82, 2.24) is 10.3 Å². The van der Waals surface area contributed by atoms with E-state index in [1.807, 2.05) is 60.7 Å². The maximum atomic E-state index is 14.6. The van der Waals surface area contributed by atoms with E-state index in [-0.39, 0.29) is 12.0 Å². The molecule has 0 aliphatic carbocycles. The van der Waals surface area contributed by atoms with Gasteiger partial charge in [-0.1, -0.05) is 72.3 Å². The van der Waals surface area contributed by atoms with Crippen molar-refractivity contribution in [3.8, 4) is 0 Å². The molecule has 0 aliphatic rings. The summed E-state index contributed by atoms with van der Waals surface area (Å²) in [5.41, 5.74) is 0.197. The van der Waals surface area contributed by atoms with Crippen molar-refractivity contribution in [2.75, 3.05) is 6.54 Å². The Labute approximate surface area is 206 Å². The summed E-state index contributed by atoms with van der Waals surface area (Å²) >= 11 is 6.07. The number of halogens is 5. The highest BCUT2D eigenvalue weighted by Crippen LogP contribution is 2.37. The molecular weight excluding hydrogens is 476 g/mol. The number of alkyl halides is 3. The predicted molar refractivity (Wildman–Crippen MR) is 130 cm³/mol. The lowest BCUT2D eigenvalue weighted by Crippen LogP contribution is -2.47. The zero-order valence-electron chi connectivity index (χ0n) is 18.7. The Morgan fingerprint density at radius 1 is 0.771 bits per heavy atom. The van der Waals surface area contributed by atoms with Gasteiger partial charge in [-0.05, 0) is 53.4 Å². The van der Waals surface area contributed by atoms with Crippen LogP contribution in [0.15, 0.2) is 97.2 Å². The van der Waals surface area contributed by atoms with Crippen molar-refractivity contribution in [2.45, 2.75) is 24.6 Å². The van der Waals surface area contributed by atoms with Gasteiger partial charge in [-0.15, -0.1) is 0 Å². The Hall–Kier alpha value is -3.22. The zero-order chi connectivity index (χ0) is 24.9. The Kier molecular flexibility index (Phi) is 7.53. The van der Waals surface area contributed by atoms with Gasteiger partial charge in [0, 0.05) is 19.2 Å². The molecule has 0 bridgehead atoms. The first kappa shape index (κ1) is 24.9. The van der Waals surface area contributed by atoms with Gasteiger partial charge in [0.15, 0.2) is 0 Å². The van der Waals surface area contributed by atoms with Crippen LogP contribution in [0.25, 0.3) is 0 Å². The first-order valence-corrected chi connectivity index (χ1v) is 11.5. The molecule has 2 nitrogen and oxygen atoms in total. The highest BCUT2D eigenvalue weighted by molar-refractivity contribution is 6.30. The molecule has 1 N–H and O–H groups in total. The molecule has 35 heavy (non-hydrogen) atoms. The van der Waals surface area contributed by atoms with Crippen molar-refractivity contribution in [2.24, 2.45) is 0 Å². The molecule has 7 heteroatoms. The molecule has 1 aromatic heterocycles. The predicted octanol–water partition coefficient (Wildman–Crippen LogP) is 7.21. The first-order valence-electron chi connectivity index (χ1n) is 11.1. The van der Waals surface area contributed by atoms with Crippen molar-refractivity contribution >= 4 is 11.6 Å². The third kappa shape index (κ3) is 6.08. The second-order valence-corrected chi connectivity index (χ2v) is 8.75. The van der Waals surface area contributed by atoms with Crippen LogP contribution in [0, 0.1) is 5.82 Å². The second-order valence-electron chi connectivity index (χ2n) is 8.32. The average Bonchev–Trinajstić information content (AvgIpc) is 2.84. The van der Waals surface area contributed by atoms with Crippen molar-refractivity contribution in [1.29, 1.82) is 0 Å². The third-order valence-electron chi connectivity index (χ3n) is 5.88. The number of benzene rings is 3. The maximum Gasteiger partial charge on any atom is 0.416 e. The van der Waals surface area contributed by atoms with Crippen molar-refractivity contribution < 1.29 is 17.6 Å². The average molecular weight is 499 g/mol. The number of nitrogens with one attached hydrogen (secondary N) is 1. The SMILES string of the molecule is Fc1cc(C(F)(F)F)cc(C(Cc2ccccc2)(NCCc2ccccc2)c2ccc(Cl)cn2)c1. The van der Waals surface area contributed by atoms with Crippen LogP contribution >= 0.6 is 11.6 Å². The zero-order valence-corrected chi connectivity index (χ0v) is 19.5. The molecule has 4 aromatic rings. The minimum Gasteiger partial charge on any atom is -0.302 e. The van der Waals surface area contributed by atoms with Gasteiger partial charge in [-0.2, -0.15) is 13.2 Å². The largest absolute Gasteiger partial charge is 0.416 e. The molecule has 0 fully saturated rings. The fourth-order valence-corrected chi connectivity index (χ4v) is 4.30. The van der Waals surface area contributed by atoms with Gasteiger partial charge >= 0.3 is 6.18 Å². The summed E-state index contributed by atoms with van der Waals surface area (Å²) in [7, 11) is 0. The standard InChI is InChI=1S/C28H23ClF4N2/c29-24-11-12-26(34-19-24)27(18-21-9-5-2-6-10-21,35-14-13-20-7-3-1-4-8-20)22-15-23(28(31,32)33)17-25(30)16-22/h1-12,15-17,19,35H,13-14,18H2. The molecule has 0 radical (unpaired) electrons. The molecule has 0 saturated heterocycles. The van der Waals surface area contributed by atoms with E-state index in [1.54, 1.807) is 12.1 Å². The van der Waals surface area contributed by atoms with E-state index >= 15 is 0 Å². The van der Waals surface area contributed by atoms with Gasteiger partial charge in [-0.3, -0.25) is 4.98 Å². The molecule has 0 aliphatic heterocycles. The smallest absolute Gasteiger partial charge is 0.302 e. The van der Waals surface area contributed by atoms with E-state index in [4.69, 9.17) is 11.6 Å². The van der Waals surface area contributed by atoms with E-state index in [0.717, 1.165) is 23.3 Å². The summed E-state index contributed by atoms with van der Waals surface area (Å²) in [6.07, 6.45) is -2.39. The summed E-state index contributed by atoms with van der Waals surface area (Å²) < 4.78 is 55.6. The van der Waals surface area contributed by atoms with Gasteiger partial charge in [-0.25, -0.2) is 4.39 Å². The van der Waals surface area contributed by atoms with Crippen LogP contribution in [0.1, 0.15) is 27.9 Å². The molecule has 0 amide bonds. The highest BCUT2D eigenvalue weighted by Gasteiger charge is 2.39. The van der Waals surface area contributed by atoms with E-state index in [1.165, 1.54) is 6.20 Å². The van der Waals surface area contributed by atoms with Crippen molar-refractivity contribution in [3.63, 3.8) is 0 Å². The highest BCUT2D eigenvalue weighted by atomic mass is 35.5. The number of hydrogen-bond donors (Lipinski definition) is 1. The number of hydrogen-bond acceptors (Lipinski definition) is 2. The summed E-state index contributed by atoms with van der Waals surface area (Å²) in [6, 6.07) is 25.0. The molecule has 0 saturated carbocycles. The van der Waals surface area contributed by atoms with Crippen LogP contribution in [0.3, 0.4) is 0 Å². The van der Waals surface area contributed by atoms with Crippen LogP contribution in [-0.4, -0.2) is 11.5 Å². The summed E-state index contributed by atoms with van der Waals surface area (Å²) in [6.45, 7) is 0.416. The maximum absolute atomic E-state index is 14.6. The third-order valence-corrected chi connectivity index (χ3v) is 6.10. The lowest BCUT2D eigenvalue weighted by molar-refractivity contribution is -0.137. The molecule has 1 unspecified atom stereocenters. The van der Waals surface area contributed by atoms with E-state index in [2.05, 4.69) is 10.3 Å². The van der Waals surface area contributed by atoms with E-state index in [9.17, 15) is 17.6 Å². The monoisotopic (exact) mass is 498 g/mol. The Morgan fingerprint density at radius 2 is 1.40 bits per heavy atom. The lowest BCUT2D eigenvalue weighted by Gasteiger charge is -2.36. The van der Waals surface area contributed by atoms with Crippen molar-refractivity contribution in [3.05, 3.63) is 136 Å². The quantitative estimate of drug-likeness (QED) is 0.260. The molecule has 1 atom stereocenters. The summed E-state index contributed by atoms with van der Waals surface area (Å²) in [5.74, 6) is -0.967. The molecule has 4 rings (SSSR count). The Bertz CT molecular complexity index is 1250. The molecular formula is C28H23ClF4N2. The van der Waals surface area contributed by atoms with Gasteiger partial charge in [0.05, 0.1) is 21.8 Å². The minimum atomic E-state index is -4.70. The van der Waals surface area contributed by atoms with Crippen LogP contribution < -0.4 is 5.32 Å². The number of pyridine rings is 1. The number of aromatic nitrogens is 1. The molecule has 0 spiro atoms. The van der Waals surface area contributed by atoms with Crippen LogP contribution in [0.5, 0.6) is 0 Å². The van der Waals surface area contributed by atoms with E-state index in [0.29, 0.717) is 29.7 Å². The van der Waals surface area contributed by atoms with Crippen LogP contribution in [-0.2, 0) is 24.6 Å². The molecule has 1 heterocycles. The fraction of sp³-hybridized carbons (Fsp3) is 0.179. The fourth-order valence-electron chi connectivity index (χ4n) is 4.19.